The maximum Gasteiger partial charge on any atom is 0.451 e. The number of rotatable bonds is 2. The second kappa shape index (κ2) is 5.23. The molecule has 0 unspecified atom stereocenters. The van der Waals surface area contributed by atoms with Crippen LogP contribution in [-0.2, 0) is 12.4 Å². The first kappa shape index (κ1) is 15.1. The van der Waals surface area contributed by atoms with E-state index in [1.54, 1.807) is 0 Å². The Hall–Kier alpha value is -2.32. The van der Waals surface area contributed by atoms with E-state index in [1.807, 2.05) is 0 Å². The van der Waals surface area contributed by atoms with Crippen LogP contribution in [0.25, 0.3) is 0 Å². The molecule has 0 spiro atoms. The fourth-order valence-corrected chi connectivity index (χ4v) is 1.46. The minimum Gasteiger partial charge on any atom is -0.340 e. The minimum atomic E-state index is -4.70. The van der Waals surface area contributed by atoms with Gasteiger partial charge in [-0.2, -0.15) is 26.3 Å². The maximum atomic E-state index is 12.4. The molecule has 21 heavy (non-hydrogen) atoms. The number of anilines is 2. The highest BCUT2D eigenvalue weighted by atomic mass is 19.4. The Morgan fingerprint density at radius 3 is 1.95 bits per heavy atom. The lowest BCUT2D eigenvalue weighted by Crippen LogP contribution is -2.11. The lowest BCUT2D eigenvalue weighted by Gasteiger charge is -2.10. The summed E-state index contributed by atoms with van der Waals surface area (Å²) in [6.45, 7) is 0. The van der Waals surface area contributed by atoms with Gasteiger partial charge < -0.3 is 5.32 Å². The molecule has 0 bridgehead atoms. The molecule has 1 N–H and O–H groups in total. The zero-order valence-corrected chi connectivity index (χ0v) is 10.1. The third-order valence-electron chi connectivity index (χ3n) is 2.39. The molecule has 112 valence electrons. The number of hydrogen-bond donors (Lipinski definition) is 1. The molecule has 3 nitrogen and oxygen atoms in total. The van der Waals surface area contributed by atoms with Crippen LogP contribution in [0, 0.1) is 0 Å². The van der Waals surface area contributed by atoms with Crippen molar-refractivity contribution in [3.63, 3.8) is 0 Å². The van der Waals surface area contributed by atoms with E-state index in [-0.39, 0.29) is 11.5 Å². The van der Waals surface area contributed by atoms with E-state index >= 15 is 0 Å². The largest absolute Gasteiger partial charge is 0.451 e. The maximum absolute atomic E-state index is 12.4. The fourth-order valence-electron chi connectivity index (χ4n) is 1.46. The van der Waals surface area contributed by atoms with E-state index in [1.165, 1.54) is 6.07 Å². The third-order valence-corrected chi connectivity index (χ3v) is 2.39. The number of halogens is 6. The Kier molecular flexibility index (Phi) is 3.75. The molecule has 1 aromatic heterocycles. The van der Waals surface area contributed by atoms with Gasteiger partial charge in [-0.3, -0.25) is 0 Å². The summed E-state index contributed by atoms with van der Waals surface area (Å²) < 4.78 is 74.3. The number of alkyl halides is 6. The topological polar surface area (TPSA) is 37.8 Å². The van der Waals surface area contributed by atoms with E-state index in [0.29, 0.717) is 0 Å². The number of aromatic nitrogens is 2. The molecule has 0 radical (unpaired) electrons. The van der Waals surface area contributed by atoms with Crippen molar-refractivity contribution in [3.05, 3.63) is 47.9 Å². The van der Waals surface area contributed by atoms with Crippen LogP contribution in [0.5, 0.6) is 0 Å². The first-order chi connectivity index (χ1) is 9.66. The molecule has 9 heteroatoms. The fraction of sp³-hybridized carbons (Fsp3) is 0.167. The molecule has 0 aliphatic rings. The van der Waals surface area contributed by atoms with Crippen LogP contribution in [-0.4, -0.2) is 9.97 Å². The van der Waals surface area contributed by atoms with Crippen LogP contribution in [0.1, 0.15) is 11.4 Å². The molecule has 1 heterocycles. The van der Waals surface area contributed by atoms with Gasteiger partial charge in [0.1, 0.15) is 5.82 Å². The zero-order valence-electron chi connectivity index (χ0n) is 10.1. The normalized spacial score (nSPS) is 12.3. The molecule has 1 aromatic carbocycles. The van der Waals surface area contributed by atoms with Crippen molar-refractivity contribution in [2.24, 2.45) is 0 Å². The summed E-state index contributed by atoms with van der Waals surface area (Å²) in [5.41, 5.74) is -0.679. The Balaban J connectivity index is 2.19. The summed E-state index contributed by atoms with van der Waals surface area (Å²) in [4.78, 5) is 6.31. The van der Waals surface area contributed by atoms with Crippen LogP contribution in [0.15, 0.2) is 36.5 Å². The van der Waals surface area contributed by atoms with Crippen LogP contribution in [0.4, 0.5) is 37.8 Å². The Morgan fingerprint density at radius 2 is 1.43 bits per heavy atom. The van der Waals surface area contributed by atoms with Gasteiger partial charge in [-0.15, -0.1) is 0 Å². The van der Waals surface area contributed by atoms with Gasteiger partial charge in [-0.1, -0.05) is 0 Å². The van der Waals surface area contributed by atoms with Crippen LogP contribution >= 0.6 is 0 Å². The van der Waals surface area contributed by atoms with Crippen molar-refractivity contribution < 1.29 is 26.3 Å². The Labute approximate surface area is 114 Å². The Bertz CT molecular complexity index is 618. The monoisotopic (exact) mass is 307 g/mol. The molecule has 0 aliphatic heterocycles. The summed E-state index contributed by atoms with van der Waals surface area (Å²) in [6.07, 6.45) is -8.27. The molecular formula is C12H7F6N3. The molecule has 0 saturated carbocycles. The molecule has 0 saturated heterocycles. The van der Waals surface area contributed by atoms with Gasteiger partial charge in [0.25, 0.3) is 0 Å². The highest BCUT2D eigenvalue weighted by Crippen LogP contribution is 2.30. The predicted octanol–water partition coefficient (Wildman–Crippen LogP) is 4.26. The molecular weight excluding hydrogens is 300 g/mol. The lowest BCUT2D eigenvalue weighted by atomic mass is 10.2. The van der Waals surface area contributed by atoms with E-state index in [4.69, 9.17) is 0 Å². The molecule has 0 fully saturated rings. The van der Waals surface area contributed by atoms with Gasteiger partial charge in [-0.05, 0) is 30.3 Å². The van der Waals surface area contributed by atoms with Gasteiger partial charge in [-0.25, -0.2) is 9.97 Å². The Morgan fingerprint density at radius 1 is 0.810 bits per heavy atom. The van der Waals surface area contributed by atoms with E-state index in [0.717, 1.165) is 30.5 Å². The SMILES string of the molecule is FC(F)(F)c1ccc(Nc2ccnc(C(F)(F)F)n2)cc1. The van der Waals surface area contributed by atoms with Crippen LogP contribution in [0.2, 0.25) is 0 Å². The van der Waals surface area contributed by atoms with Gasteiger partial charge in [0, 0.05) is 11.9 Å². The van der Waals surface area contributed by atoms with Gasteiger partial charge in [0.15, 0.2) is 0 Å². The molecule has 2 aromatic rings. The highest BCUT2D eigenvalue weighted by Gasteiger charge is 2.34. The van der Waals surface area contributed by atoms with Gasteiger partial charge >= 0.3 is 12.4 Å². The van der Waals surface area contributed by atoms with Crippen molar-refractivity contribution >= 4 is 11.5 Å². The van der Waals surface area contributed by atoms with Crippen molar-refractivity contribution in [1.82, 2.24) is 9.97 Å². The number of nitrogens with zero attached hydrogens (tertiary/aromatic N) is 2. The lowest BCUT2D eigenvalue weighted by molar-refractivity contribution is -0.144. The summed E-state index contributed by atoms with van der Waals surface area (Å²) in [5.74, 6) is -1.50. The average Bonchev–Trinajstić information content (AvgIpc) is 2.37. The van der Waals surface area contributed by atoms with E-state index < -0.39 is 23.7 Å². The van der Waals surface area contributed by atoms with Crippen LogP contribution < -0.4 is 5.32 Å². The summed E-state index contributed by atoms with van der Waals surface area (Å²) in [6, 6.07) is 4.99. The van der Waals surface area contributed by atoms with Crippen LogP contribution in [0.3, 0.4) is 0 Å². The minimum absolute atomic E-state index is 0.169. The van der Waals surface area contributed by atoms with Crippen molar-refractivity contribution in [3.8, 4) is 0 Å². The number of nitrogens with one attached hydrogen (secondary N) is 1. The number of benzene rings is 1. The smallest absolute Gasteiger partial charge is 0.340 e. The summed E-state index contributed by atoms with van der Waals surface area (Å²) in [5, 5.41) is 2.48. The molecule has 2 rings (SSSR count). The number of hydrogen-bond acceptors (Lipinski definition) is 3. The van der Waals surface area contributed by atoms with Crippen molar-refractivity contribution in [2.45, 2.75) is 12.4 Å². The third kappa shape index (κ3) is 3.83. The first-order valence-corrected chi connectivity index (χ1v) is 5.51. The molecule has 0 atom stereocenters. The highest BCUT2D eigenvalue weighted by molar-refractivity contribution is 5.56. The standard InChI is InChI=1S/C12H7F6N3/c13-11(14,15)7-1-3-8(4-2-7)20-9-5-6-19-10(21-9)12(16,17)18/h1-6H,(H,19,20,21). The molecule has 0 aliphatic carbocycles. The summed E-state index contributed by atoms with van der Waals surface area (Å²) >= 11 is 0. The predicted molar refractivity (Wildman–Crippen MR) is 61.8 cm³/mol. The van der Waals surface area contributed by atoms with E-state index in [2.05, 4.69) is 15.3 Å². The van der Waals surface area contributed by atoms with E-state index in [9.17, 15) is 26.3 Å². The molecule has 0 amide bonds. The van der Waals surface area contributed by atoms with Gasteiger partial charge in [0.05, 0.1) is 5.56 Å². The quantitative estimate of drug-likeness (QED) is 0.843. The first-order valence-electron chi connectivity index (χ1n) is 5.51. The summed E-state index contributed by atoms with van der Waals surface area (Å²) in [7, 11) is 0. The van der Waals surface area contributed by atoms with Crippen molar-refractivity contribution in [2.75, 3.05) is 5.32 Å². The second-order valence-corrected chi connectivity index (χ2v) is 3.96. The van der Waals surface area contributed by atoms with Gasteiger partial charge in [0.2, 0.25) is 5.82 Å². The zero-order chi connectivity index (χ0) is 15.7. The van der Waals surface area contributed by atoms with Crippen molar-refractivity contribution in [1.29, 1.82) is 0 Å². The average molecular weight is 307 g/mol. The second-order valence-electron chi connectivity index (χ2n) is 3.96.